The second-order valence-electron chi connectivity index (χ2n) is 15.3. The number of alkyl halides is 4. The first-order valence-corrected chi connectivity index (χ1v) is 25.9. The number of nitrogen functional groups attached to an aromatic ring is 2. The van der Waals surface area contributed by atoms with Crippen molar-refractivity contribution in [1.82, 2.24) is 0 Å². The van der Waals surface area contributed by atoms with Crippen molar-refractivity contribution in [2.75, 3.05) is 22.1 Å². The van der Waals surface area contributed by atoms with Gasteiger partial charge < -0.3 is 117 Å². The monoisotopic (exact) mass is 1980 g/mol. The molecule has 0 saturated carbocycles. The van der Waals surface area contributed by atoms with Crippen molar-refractivity contribution in [3.8, 4) is 0 Å². The van der Waals surface area contributed by atoms with E-state index in [1.54, 1.807) is 74.5 Å². The predicted molar refractivity (Wildman–Crippen MR) is 332 cm³/mol. The fourth-order valence-corrected chi connectivity index (χ4v) is 6.50. The molecule has 8 radical (unpaired) electrons. The van der Waals surface area contributed by atoms with Gasteiger partial charge in [0.2, 0.25) is 0 Å². The van der Waals surface area contributed by atoms with Gasteiger partial charge in [0.25, 0.3) is 0 Å². The van der Waals surface area contributed by atoms with Crippen molar-refractivity contribution in [3.05, 3.63) is 347 Å². The van der Waals surface area contributed by atoms with Gasteiger partial charge in [-0.15, -0.1) is 81.8 Å². The molecule has 2 aliphatic rings. The Labute approximate surface area is 652 Å². The van der Waals surface area contributed by atoms with Gasteiger partial charge in [-0.05, 0) is 33.6 Å². The van der Waals surface area contributed by atoms with Gasteiger partial charge in [0.05, 0.1) is 10.7 Å². The minimum Gasteiger partial charge on any atom is -1.00 e. The number of ketones is 4. The van der Waals surface area contributed by atoms with Crippen LogP contribution in [0.2, 0.25) is 0 Å². The van der Waals surface area contributed by atoms with Crippen molar-refractivity contribution in [1.29, 1.82) is 0 Å². The predicted octanol–water partition coefficient (Wildman–Crippen LogP) is 3.32. The first kappa shape index (κ1) is 94.4. The van der Waals surface area contributed by atoms with Crippen LogP contribution in [0.4, 0.5) is 11.4 Å². The fourth-order valence-electron chi connectivity index (χ4n) is 6.50. The Balaban J connectivity index is -0.000000217. The number of carbonyl (C=O) groups is 4. The van der Waals surface area contributed by atoms with E-state index in [9.17, 15) is 19.2 Å². The van der Waals surface area contributed by atoms with Crippen molar-refractivity contribution < 1.29 is 149 Å². The van der Waals surface area contributed by atoms with E-state index >= 15 is 0 Å². The molecular formula is C68H54Cl4Cu2I4N2O4Sb2-8. The minimum absolute atomic E-state index is 0. The SMILES string of the molecule is Cc1c[c-]c2c(c1N)C(=O)c1ccccc1C2=O.Cc1c[c-]c2c(c1N)C(=O)c1ccccc1C2=O.ClCCl.ClCCl.[Cu+2].[Cu+2].[I-].[I-].[I-].[I-].[Sb].[Sb].[c-]1ccccc1.[c-]1ccccc1.[c-]1ccccc1.[c-]1ccccc1.[c-]1ccccc1.[c-]1ccccc1. The zero-order chi connectivity index (χ0) is 56.6. The van der Waals surface area contributed by atoms with E-state index in [1.165, 1.54) is 0 Å². The molecule has 0 heterocycles. The van der Waals surface area contributed by atoms with Gasteiger partial charge in [-0.2, -0.15) is 218 Å². The topological polar surface area (TPSA) is 120 Å². The maximum absolute atomic E-state index is 12.4. The summed E-state index contributed by atoms with van der Waals surface area (Å²) in [7, 11) is 0. The standard InChI is InChI=1S/2C15H10NO2.6C6H5.2CH2Cl2.2Cu.4HI.2Sb/c2*1-8-6-7-11-12(13(8)16)15(18)10-5-3-2-4-9(10)14(11)17;6*1-2-4-6-5-3-1;2*2-1-3;;;;;;;;/h2*2-6H,16H2,1H3;6*1-5H;2*1H2;;;4*1H;;/q8*-1;;;2*+2;;;;;;/p-4. The zero-order valence-electron chi connectivity index (χ0n) is 45.8. The summed E-state index contributed by atoms with van der Waals surface area (Å²) in [5.41, 5.74) is 16.9. The molecule has 12 rings (SSSR count). The average Bonchev–Trinajstić information content (AvgIpc) is 3.70. The number of anilines is 2. The molecule has 0 unspecified atom stereocenters. The summed E-state index contributed by atoms with van der Waals surface area (Å²) >= 11 is 19.1. The molecule has 86 heavy (non-hydrogen) atoms. The van der Waals surface area contributed by atoms with Gasteiger partial charge in [-0.1, -0.05) is 73.5 Å². The van der Waals surface area contributed by atoms with Crippen molar-refractivity contribution in [2.45, 2.75) is 13.8 Å². The fraction of sp³-hybridized carbons (Fsp3) is 0.0588. The Hall–Kier alpha value is -2.76. The van der Waals surface area contributed by atoms with Gasteiger partial charge in [0.1, 0.15) is 11.6 Å². The Morgan fingerprint density at radius 2 is 0.500 bits per heavy atom. The number of rotatable bonds is 0. The van der Waals surface area contributed by atoms with Gasteiger partial charge >= 0.3 is 34.1 Å². The normalized spacial score (nSPS) is 9.28. The average molecular weight is 1980 g/mol. The Bertz CT molecular complexity index is 2750. The van der Waals surface area contributed by atoms with Crippen LogP contribution in [0.1, 0.15) is 74.8 Å². The smallest absolute Gasteiger partial charge is 1.00 e. The summed E-state index contributed by atoms with van der Waals surface area (Å²) in [6.45, 7) is 3.59. The number of aryl methyl sites for hydroxylation is 2. The summed E-state index contributed by atoms with van der Waals surface area (Å²) in [4.78, 5) is 49.3. The van der Waals surface area contributed by atoms with Crippen LogP contribution in [-0.2, 0) is 34.1 Å². The zero-order valence-corrected chi connectivity index (χ0v) is 64.5. The second-order valence-corrected chi connectivity index (χ2v) is 17.0. The van der Waals surface area contributed by atoms with E-state index in [1.807, 2.05) is 182 Å². The van der Waals surface area contributed by atoms with Crippen LogP contribution in [0, 0.1) is 62.4 Å². The van der Waals surface area contributed by atoms with Crippen molar-refractivity contribution in [3.63, 3.8) is 0 Å². The molecule has 2 aliphatic carbocycles. The molecule has 0 bridgehead atoms. The number of benzene rings is 10. The largest absolute Gasteiger partial charge is 2.00 e. The molecule has 18 heteroatoms. The number of hydrogen-bond acceptors (Lipinski definition) is 6. The van der Waals surface area contributed by atoms with Crippen molar-refractivity contribution >= 4 is 130 Å². The van der Waals surface area contributed by atoms with Crippen LogP contribution in [0.3, 0.4) is 0 Å². The van der Waals surface area contributed by atoms with Crippen molar-refractivity contribution in [2.24, 2.45) is 0 Å². The number of carbonyl (C=O) groups excluding carboxylic acids is 4. The Morgan fingerprint density at radius 1 is 0.326 bits per heavy atom. The van der Waals surface area contributed by atoms with Gasteiger partial charge in [0, 0.05) is 60.0 Å². The van der Waals surface area contributed by atoms with E-state index in [0.29, 0.717) is 44.8 Å². The molecule has 4 N–H and O–H groups in total. The van der Waals surface area contributed by atoms with E-state index in [-0.39, 0.29) is 224 Å². The molecule has 0 atom stereocenters. The molecule has 10 aromatic rings. The summed E-state index contributed by atoms with van der Waals surface area (Å²) in [5, 5.41) is 0.389. The summed E-state index contributed by atoms with van der Waals surface area (Å²) in [6.07, 6.45) is 0. The first-order valence-electron chi connectivity index (χ1n) is 23.7. The molecule has 456 valence electrons. The molecule has 0 spiro atoms. The van der Waals surface area contributed by atoms with E-state index < -0.39 is 0 Å². The number of hydrogen-bond donors (Lipinski definition) is 2. The van der Waals surface area contributed by atoms with Crippen LogP contribution < -0.4 is 107 Å². The third kappa shape index (κ3) is 35.6. The summed E-state index contributed by atoms with van der Waals surface area (Å²) in [5.74, 6) is -0.769. The van der Waals surface area contributed by atoms with E-state index in [2.05, 4.69) is 48.5 Å². The third-order valence-corrected chi connectivity index (χ3v) is 10.1. The van der Waals surface area contributed by atoms with Crippen LogP contribution in [0.25, 0.3) is 0 Å². The van der Waals surface area contributed by atoms with Gasteiger partial charge in [0.15, 0.2) is 11.6 Å². The van der Waals surface area contributed by atoms with Gasteiger partial charge in [-0.25, -0.2) is 0 Å². The molecule has 0 amide bonds. The van der Waals surface area contributed by atoms with Crippen LogP contribution in [0.5, 0.6) is 0 Å². The number of halogens is 8. The second kappa shape index (κ2) is 59.8. The molecule has 0 aromatic heterocycles. The van der Waals surface area contributed by atoms with E-state index in [4.69, 9.17) is 57.9 Å². The van der Waals surface area contributed by atoms with Crippen LogP contribution >= 0.6 is 46.4 Å². The number of fused-ring (bicyclic) bond motifs is 4. The third-order valence-electron chi connectivity index (χ3n) is 10.1. The molecular weight excluding hydrogens is 1930 g/mol. The van der Waals surface area contributed by atoms with E-state index in [0.717, 1.165) is 11.1 Å². The molecule has 0 aliphatic heterocycles. The quantitative estimate of drug-likeness (QED) is 0.0792. The number of nitrogens with two attached hydrogens (primary N) is 2. The molecule has 0 fully saturated rings. The Kier molecular flexibility index (Phi) is 65.7. The maximum atomic E-state index is 12.4. The molecule has 10 aromatic carbocycles. The molecule has 6 nitrogen and oxygen atoms in total. The first-order chi connectivity index (χ1) is 38.0. The molecule has 0 saturated heterocycles. The summed E-state index contributed by atoms with van der Waals surface area (Å²) < 4.78 is 0. The van der Waals surface area contributed by atoms with Crippen LogP contribution in [-0.4, -0.2) is 82.7 Å². The Morgan fingerprint density at radius 3 is 0.651 bits per heavy atom. The maximum Gasteiger partial charge on any atom is 2.00 e. The van der Waals surface area contributed by atoms with Gasteiger partial charge in [-0.3, -0.25) is 9.59 Å². The van der Waals surface area contributed by atoms with Crippen LogP contribution in [0.15, 0.2) is 243 Å². The minimum atomic E-state index is -0.197. The summed E-state index contributed by atoms with van der Waals surface area (Å²) in [6, 6.07) is 97.6.